The quantitative estimate of drug-likeness (QED) is 0.368. The zero-order valence-corrected chi connectivity index (χ0v) is 4.69. The average Bonchev–Trinajstić information content (AvgIpc) is 0.811. The van der Waals surface area contributed by atoms with Crippen LogP contribution >= 0.6 is 12.2 Å². The monoisotopic (exact) mass is 126 g/mol. The van der Waals surface area contributed by atoms with E-state index in [2.05, 4.69) is 19.1 Å². The van der Waals surface area contributed by atoms with Crippen molar-refractivity contribution in [1.82, 2.24) is 0 Å². The Labute approximate surface area is 47.7 Å². The van der Waals surface area contributed by atoms with Gasteiger partial charge >= 0.3 is 0 Å². The topological polar surface area (TPSA) is 26.0 Å². The first-order valence-corrected chi connectivity index (χ1v) is 1.25. The molecule has 1 nitrogen and oxygen atoms in total. The van der Waals surface area contributed by atoms with Crippen LogP contribution in [0.1, 0.15) is 0 Å². The summed E-state index contributed by atoms with van der Waals surface area (Å²) in [4.78, 5) is 0.250. The number of thiocarbonyl (C=S) groups is 1. The molecule has 0 aliphatic rings. The van der Waals surface area contributed by atoms with Gasteiger partial charge in [0.15, 0.2) is 0 Å². The van der Waals surface area contributed by atoms with Crippen molar-refractivity contribution in [2.45, 2.75) is 0 Å². The number of hydrogen-bond acceptors (Lipinski definition) is 1. The van der Waals surface area contributed by atoms with Crippen molar-refractivity contribution in [2.24, 2.45) is 5.73 Å². The molecule has 0 radical (unpaired) electrons. The molecule has 0 aliphatic carbocycles. The standard InChI is InChI=1S/C2H4NS.Cr/c1-2(3)4;/h1H2,(H2,3,4);/q-1;. The summed E-state index contributed by atoms with van der Waals surface area (Å²) in [6, 6.07) is 0. The average molecular weight is 126 g/mol. The fourth-order valence-electron chi connectivity index (χ4n) is 0. The van der Waals surface area contributed by atoms with Crippen LogP contribution in [0.25, 0.3) is 0 Å². The summed E-state index contributed by atoms with van der Waals surface area (Å²) in [5, 5.41) is 0. The Kier molecular flexibility index (Phi) is 7.72. The normalized spacial score (nSPS) is 4.80. The van der Waals surface area contributed by atoms with E-state index in [9.17, 15) is 0 Å². The van der Waals surface area contributed by atoms with Gasteiger partial charge in [-0.2, -0.15) is 0 Å². The Morgan fingerprint density at radius 1 is 1.80 bits per heavy atom. The van der Waals surface area contributed by atoms with Crippen LogP contribution in [0.4, 0.5) is 0 Å². The van der Waals surface area contributed by atoms with Gasteiger partial charge in [0, 0.05) is 17.4 Å². The second-order valence-corrected chi connectivity index (χ2v) is 0.991. The molecule has 0 rings (SSSR count). The molecular weight excluding hydrogens is 122 g/mol. The Balaban J connectivity index is 0. The molecule has 0 bridgehead atoms. The van der Waals surface area contributed by atoms with Crippen LogP contribution < -0.4 is 5.73 Å². The van der Waals surface area contributed by atoms with Crippen molar-refractivity contribution in [3.8, 4) is 0 Å². The third-order valence-electron chi connectivity index (χ3n) is 0. The summed E-state index contributed by atoms with van der Waals surface area (Å²) in [5.74, 6) is 0. The van der Waals surface area contributed by atoms with Crippen molar-refractivity contribution < 1.29 is 17.4 Å². The van der Waals surface area contributed by atoms with Gasteiger partial charge in [0.2, 0.25) is 0 Å². The molecule has 0 aromatic carbocycles. The molecule has 2 N–H and O–H groups in total. The minimum Gasteiger partial charge on any atom is -0.418 e. The third-order valence-corrected chi connectivity index (χ3v) is 0. The van der Waals surface area contributed by atoms with E-state index < -0.39 is 0 Å². The van der Waals surface area contributed by atoms with Crippen molar-refractivity contribution in [1.29, 1.82) is 0 Å². The molecule has 0 heterocycles. The minimum atomic E-state index is 0. The molecule has 0 aromatic rings. The summed E-state index contributed by atoms with van der Waals surface area (Å²) >= 11 is 4.20. The summed E-state index contributed by atoms with van der Waals surface area (Å²) < 4.78 is 0. The summed E-state index contributed by atoms with van der Waals surface area (Å²) in [5.41, 5.74) is 4.73. The number of rotatable bonds is 0. The van der Waals surface area contributed by atoms with Crippen LogP contribution in [0, 0.1) is 6.92 Å². The summed E-state index contributed by atoms with van der Waals surface area (Å²) in [6.45, 7) is 3.15. The van der Waals surface area contributed by atoms with E-state index in [4.69, 9.17) is 5.73 Å². The van der Waals surface area contributed by atoms with Crippen molar-refractivity contribution in [2.75, 3.05) is 0 Å². The van der Waals surface area contributed by atoms with Gasteiger partial charge in [-0.25, -0.2) is 0 Å². The van der Waals surface area contributed by atoms with E-state index in [-0.39, 0.29) is 22.3 Å². The predicted molar refractivity (Wildman–Crippen MR) is 22.1 cm³/mol. The van der Waals surface area contributed by atoms with Crippen molar-refractivity contribution in [3.05, 3.63) is 6.92 Å². The van der Waals surface area contributed by atoms with E-state index in [1.807, 2.05) is 0 Å². The van der Waals surface area contributed by atoms with Gasteiger partial charge in [0.1, 0.15) is 0 Å². The zero-order valence-electron chi connectivity index (χ0n) is 2.60. The van der Waals surface area contributed by atoms with Crippen LogP contribution in [0.3, 0.4) is 0 Å². The molecule has 3 heteroatoms. The molecule has 5 heavy (non-hydrogen) atoms. The van der Waals surface area contributed by atoms with Gasteiger partial charge in [-0.15, -0.1) is 12.2 Å². The first-order chi connectivity index (χ1) is 1.73. The maximum Gasteiger partial charge on any atom is 0 e. The van der Waals surface area contributed by atoms with Gasteiger partial charge in [0.25, 0.3) is 0 Å². The van der Waals surface area contributed by atoms with E-state index >= 15 is 0 Å². The SMILES string of the molecule is [CH2-]C(N)=S.[Cr]. The van der Waals surface area contributed by atoms with Gasteiger partial charge < -0.3 is 12.7 Å². The van der Waals surface area contributed by atoms with E-state index in [1.54, 1.807) is 0 Å². The predicted octanol–water partition coefficient (Wildman–Crippen LogP) is 0.104. The van der Waals surface area contributed by atoms with Crippen LogP contribution in [0.15, 0.2) is 0 Å². The Bertz CT molecular complexity index is 32.6. The molecule has 0 aromatic heterocycles. The van der Waals surface area contributed by atoms with Crippen LogP contribution in [-0.2, 0) is 17.4 Å². The fraction of sp³-hybridized carbons (Fsp3) is 0. The minimum absolute atomic E-state index is 0. The Morgan fingerprint density at radius 3 is 1.80 bits per heavy atom. The Hall–Kier alpha value is 0.292. The van der Waals surface area contributed by atoms with Crippen LogP contribution in [0.5, 0.6) is 0 Å². The Morgan fingerprint density at radius 2 is 1.80 bits per heavy atom. The maximum atomic E-state index is 4.73. The third kappa shape index (κ3) is 264. The largest absolute Gasteiger partial charge is 0.418 e. The second kappa shape index (κ2) is 4.29. The molecule has 0 saturated heterocycles. The smallest absolute Gasteiger partial charge is 0 e. The summed E-state index contributed by atoms with van der Waals surface area (Å²) in [6.07, 6.45) is 0. The molecule has 0 atom stereocenters. The zero-order chi connectivity index (χ0) is 3.58. The van der Waals surface area contributed by atoms with Gasteiger partial charge in [0.05, 0.1) is 0 Å². The summed E-state index contributed by atoms with van der Waals surface area (Å²) in [7, 11) is 0. The van der Waals surface area contributed by atoms with Crippen LogP contribution in [-0.4, -0.2) is 4.99 Å². The van der Waals surface area contributed by atoms with Gasteiger partial charge in [-0.05, 0) is 0 Å². The first kappa shape index (κ1) is 9.00. The van der Waals surface area contributed by atoms with E-state index in [0.717, 1.165) is 0 Å². The fourth-order valence-corrected chi connectivity index (χ4v) is 0. The molecule has 30 valence electrons. The molecule has 0 saturated carbocycles. The van der Waals surface area contributed by atoms with Crippen molar-refractivity contribution in [3.63, 3.8) is 0 Å². The van der Waals surface area contributed by atoms with Crippen LogP contribution in [0.2, 0.25) is 0 Å². The molecular formula is C2H4CrNS-. The molecule has 0 fully saturated rings. The first-order valence-electron chi connectivity index (χ1n) is 0.846. The van der Waals surface area contributed by atoms with Gasteiger partial charge in [-0.1, -0.05) is 4.99 Å². The molecule has 0 amide bonds. The van der Waals surface area contributed by atoms with E-state index in [0.29, 0.717) is 0 Å². The maximum absolute atomic E-state index is 4.73. The second-order valence-electron chi connectivity index (χ2n) is 0.466. The van der Waals surface area contributed by atoms with Crippen molar-refractivity contribution >= 4 is 17.2 Å². The number of nitrogens with two attached hydrogens (primary N) is 1. The molecule has 0 unspecified atom stereocenters. The number of hydrogen-bond donors (Lipinski definition) is 1. The molecule has 0 spiro atoms. The van der Waals surface area contributed by atoms with Gasteiger partial charge in [-0.3, -0.25) is 0 Å². The van der Waals surface area contributed by atoms with E-state index in [1.165, 1.54) is 0 Å². The molecule has 0 aliphatic heterocycles.